The number of nitrogens with one attached hydrogen (secondary N) is 1. The molecule has 8 nitrogen and oxygen atoms in total. The Morgan fingerprint density at radius 3 is 2.36 bits per heavy atom. The fourth-order valence-corrected chi connectivity index (χ4v) is 4.24. The van der Waals surface area contributed by atoms with E-state index < -0.39 is 16.0 Å². The third kappa shape index (κ3) is 4.01. The van der Waals surface area contributed by atoms with Crippen LogP contribution in [0.25, 0.3) is 44.7 Å². The summed E-state index contributed by atoms with van der Waals surface area (Å²) in [6.07, 6.45) is 1.06. The summed E-state index contributed by atoms with van der Waals surface area (Å²) in [7, 11) is -3.46. The second-order valence-electron chi connectivity index (χ2n) is 7.51. The molecule has 3 aromatic carbocycles. The van der Waals surface area contributed by atoms with Crippen molar-refractivity contribution in [1.29, 1.82) is 0 Å². The highest BCUT2D eigenvalue weighted by molar-refractivity contribution is 7.92. The van der Waals surface area contributed by atoms with E-state index in [1.54, 1.807) is 36.4 Å². The molecule has 9 heteroatoms. The zero-order chi connectivity index (χ0) is 23.2. The van der Waals surface area contributed by atoms with Gasteiger partial charge in [-0.05, 0) is 42.5 Å². The molecule has 0 atom stereocenters. The zero-order valence-corrected chi connectivity index (χ0v) is 18.1. The number of hydrogen-bond acceptors (Lipinski definition) is 6. The number of nitrogens with zero attached hydrogens (tertiary/aromatic N) is 2. The van der Waals surface area contributed by atoms with E-state index in [0.29, 0.717) is 44.8 Å². The molecule has 2 heterocycles. The zero-order valence-electron chi connectivity index (χ0n) is 17.3. The van der Waals surface area contributed by atoms with E-state index in [4.69, 9.17) is 4.42 Å². The number of aromatic nitrogens is 2. The van der Waals surface area contributed by atoms with Gasteiger partial charge < -0.3 is 9.52 Å². The number of oxazole rings is 1. The Morgan fingerprint density at radius 2 is 1.64 bits per heavy atom. The standard InChI is InChI=1S/C24H17N3O5S/c1-33(30,31)27-16-9-5-8-15(12-16)20-13-17(24(28)29)21-18(25-20)10-11-19-22(21)32-23(26-19)14-6-3-2-4-7-14/h2-13,27H,1H3,(H,28,29). The molecule has 0 fully saturated rings. The van der Waals surface area contributed by atoms with Gasteiger partial charge in [-0.15, -0.1) is 0 Å². The van der Waals surface area contributed by atoms with Crippen molar-refractivity contribution < 1.29 is 22.7 Å². The summed E-state index contributed by atoms with van der Waals surface area (Å²) in [6.45, 7) is 0. The van der Waals surface area contributed by atoms with Gasteiger partial charge in [0.2, 0.25) is 15.9 Å². The average Bonchev–Trinajstić information content (AvgIpc) is 3.22. The van der Waals surface area contributed by atoms with Crippen LogP contribution >= 0.6 is 0 Å². The maximum atomic E-state index is 12.2. The van der Waals surface area contributed by atoms with Gasteiger partial charge in [0.25, 0.3) is 0 Å². The predicted octanol–water partition coefficient (Wildman–Crippen LogP) is 4.78. The first kappa shape index (κ1) is 20.7. The third-order valence-electron chi connectivity index (χ3n) is 5.04. The molecule has 5 rings (SSSR count). The van der Waals surface area contributed by atoms with E-state index in [1.807, 2.05) is 30.3 Å². The van der Waals surface area contributed by atoms with Crippen LogP contribution in [-0.4, -0.2) is 35.7 Å². The van der Waals surface area contributed by atoms with Crippen LogP contribution in [0.3, 0.4) is 0 Å². The number of rotatable bonds is 5. The maximum Gasteiger partial charge on any atom is 0.336 e. The first-order valence-electron chi connectivity index (χ1n) is 9.90. The first-order valence-corrected chi connectivity index (χ1v) is 11.8. The number of carboxylic acids is 1. The number of anilines is 1. The van der Waals surface area contributed by atoms with Crippen LogP contribution in [0.15, 0.2) is 77.2 Å². The molecule has 0 radical (unpaired) electrons. The van der Waals surface area contributed by atoms with E-state index in [2.05, 4.69) is 14.7 Å². The quantitative estimate of drug-likeness (QED) is 0.388. The maximum absolute atomic E-state index is 12.2. The fraction of sp³-hybridized carbons (Fsp3) is 0.0417. The number of hydrogen-bond donors (Lipinski definition) is 2. The first-order chi connectivity index (χ1) is 15.8. The summed E-state index contributed by atoms with van der Waals surface area (Å²) in [5.74, 6) is -0.753. The van der Waals surface area contributed by atoms with Gasteiger partial charge in [0.05, 0.1) is 28.4 Å². The molecule has 0 aliphatic rings. The Morgan fingerprint density at radius 1 is 0.909 bits per heavy atom. The van der Waals surface area contributed by atoms with Crippen molar-refractivity contribution in [3.63, 3.8) is 0 Å². The highest BCUT2D eigenvalue weighted by atomic mass is 32.2. The molecular weight excluding hydrogens is 442 g/mol. The lowest BCUT2D eigenvalue weighted by atomic mass is 10.0. The molecule has 5 aromatic rings. The lowest BCUT2D eigenvalue weighted by molar-refractivity contribution is 0.0699. The van der Waals surface area contributed by atoms with Crippen LogP contribution in [0.2, 0.25) is 0 Å². The highest BCUT2D eigenvalue weighted by Crippen LogP contribution is 2.34. The van der Waals surface area contributed by atoms with Crippen LogP contribution in [0.4, 0.5) is 5.69 Å². The predicted molar refractivity (Wildman–Crippen MR) is 126 cm³/mol. The summed E-state index contributed by atoms with van der Waals surface area (Å²) in [6, 6.07) is 20.8. The van der Waals surface area contributed by atoms with E-state index >= 15 is 0 Å². The number of sulfonamides is 1. The average molecular weight is 459 g/mol. The van der Waals surface area contributed by atoms with Crippen molar-refractivity contribution in [2.75, 3.05) is 11.0 Å². The van der Waals surface area contributed by atoms with Gasteiger partial charge in [0, 0.05) is 16.8 Å². The number of carbonyl (C=O) groups is 1. The van der Waals surface area contributed by atoms with Crippen molar-refractivity contribution in [3.8, 4) is 22.7 Å². The Bertz CT molecular complexity index is 1640. The van der Waals surface area contributed by atoms with Gasteiger partial charge >= 0.3 is 5.97 Å². The van der Waals surface area contributed by atoms with E-state index in [-0.39, 0.29) is 5.56 Å². The van der Waals surface area contributed by atoms with Crippen molar-refractivity contribution in [1.82, 2.24) is 9.97 Å². The molecular formula is C24H17N3O5S. The van der Waals surface area contributed by atoms with Gasteiger partial charge in [-0.2, -0.15) is 0 Å². The molecule has 0 aliphatic carbocycles. The minimum Gasteiger partial charge on any atom is -0.478 e. The summed E-state index contributed by atoms with van der Waals surface area (Å²) in [5, 5.41) is 10.3. The Balaban J connectivity index is 1.71. The SMILES string of the molecule is CS(=O)(=O)Nc1cccc(-c2cc(C(=O)O)c3c(ccc4nc(-c5ccccc5)oc43)n2)c1. The van der Waals surface area contributed by atoms with Crippen molar-refractivity contribution >= 4 is 43.7 Å². The summed E-state index contributed by atoms with van der Waals surface area (Å²) < 4.78 is 31.5. The topological polar surface area (TPSA) is 122 Å². The van der Waals surface area contributed by atoms with Gasteiger partial charge in [-0.25, -0.2) is 23.2 Å². The van der Waals surface area contributed by atoms with Crippen LogP contribution in [0, 0.1) is 0 Å². The smallest absolute Gasteiger partial charge is 0.336 e. The molecule has 33 heavy (non-hydrogen) atoms. The van der Waals surface area contributed by atoms with Crippen LogP contribution in [-0.2, 0) is 10.0 Å². The lowest BCUT2D eigenvalue weighted by Gasteiger charge is -2.09. The van der Waals surface area contributed by atoms with Gasteiger partial charge in [0.15, 0.2) is 5.58 Å². The number of carboxylic acid groups (broad SMARTS) is 1. The number of aromatic carboxylic acids is 1. The Hall–Kier alpha value is -4.24. The van der Waals surface area contributed by atoms with E-state index in [1.165, 1.54) is 6.07 Å². The van der Waals surface area contributed by atoms with E-state index in [0.717, 1.165) is 11.8 Å². The summed E-state index contributed by atoms with van der Waals surface area (Å²) in [4.78, 5) is 21.3. The molecule has 0 saturated heterocycles. The molecule has 0 amide bonds. The number of fused-ring (bicyclic) bond motifs is 3. The van der Waals surface area contributed by atoms with Gasteiger partial charge in [0.1, 0.15) is 5.52 Å². The van der Waals surface area contributed by atoms with Crippen LogP contribution < -0.4 is 4.72 Å². The summed E-state index contributed by atoms with van der Waals surface area (Å²) in [5.41, 5.74) is 3.39. The minimum absolute atomic E-state index is 0.0119. The molecule has 0 unspecified atom stereocenters. The van der Waals surface area contributed by atoms with Crippen molar-refractivity contribution in [2.24, 2.45) is 0 Å². The highest BCUT2D eigenvalue weighted by Gasteiger charge is 2.20. The van der Waals surface area contributed by atoms with Crippen molar-refractivity contribution in [3.05, 3.63) is 78.4 Å². The molecule has 2 N–H and O–H groups in total. The molecule has 0 spiro atoms. The normalized spacial score (nSPS) is 11.7. The summed E-state index contributed by atoms with van der Waals surface area (Å²) >= 11 is 0. The largest absolute Gasteiger partial charge is 0.478 e. The van der Waals surface area contributed by atoms with Crippen LogP contribution in [0.5, 0.6) is 0 Å². The van der Waals surface area contributed by atoms with Gasteiger partial charge in [-0.1, -0.05) is 30.3 Å². The molecule has 0 aliphatic heterocycles. The minimum atomic E-state index is -3.46. The van der Waals surface area contributed by atoms with Crippen molar-refractivity contribution in [2.45, 2.75) is 0 Å². The van der Waals surface area contributed by atoms with Gasteiger partial charge in [-0.3, -0.25) is 4.72 Å². The second-order valence-corrected chi connectivity index (χ2v) is 9.26. The Kier molecular flexibility index (Phi) is 4.83. The van der Waals surface area contributed by atoms with E-state index in [9.17, 15) is 18.3 Å². The second kappa shape index (κ2) is 7.72. The molecule has 2 aromatic heterocycles. The Labute approximate surface area is 188 Å². The number of pyridine rings is 1. The molecule has 0 bridgehead atoms. The fourth-order valence-electron chi connectivity index (χ4n) is 3.68. The molecule has 164 valence electrons. The third-order valence-corrected chi connectivity index (χ3v) is 5.65. The monoisotopic (exact) mass is 459 g/mol. The van der Waals surface area contributed by atoms with Crippen LogP contribution in [0.1, 0.15) is 10.4 Å². The molecule has 0 saturated carbocycles. The lowest BCUT2D eigenvalue weighted by Crippen LogP contribution is -2.09. The number of benzene rings is 3.